The molecule has 1 atom stereocenters. The fraction of sp³-hybridized carbons (Fsp3) is 0.714. The average molecular weight is 170 g/mol. The first-order valence-corrected chi connectivity index (χ1v) is 6.22. The minimum absolute atomic E-state index is 0.0147. The highest BCUT2D eigenvalue weighted by atomic mass is 28.4. The summed E-state index contributed by atoms with van der Waals surface area (Å²) in [6.45, 7) is 4.42. The first-order chi connectivity index (χ1) is 4.87. The Morgan fingerprint density at radius 3 is 2.00 bits per heavy atom. The van der Waals surface area contributed by atoms with Gasteiger partial charge < -0.3 is 4.11 Å². The quantitative estimate of drug-likeness (QED) is 0.472. The van der Waals surface area contributed by atoms with Gasteiger partial charge in [-0.1, -0.05) is 0 Å². The highest BCUT2D eigenvalue weighted by Crippen LogP contribution is 2.40. The zero-order valence-electron chi connectivity index (χ0n) is 6.98. The van der Waals surface area contributed by atoms with Crippen LogP contribution in [0.4, 0.5) is 4.11 Å². The van der Waals surface area contributed by atoms with E-state index in [0.29, 0.717) is 0 Å². The highest BCUT2D eigenvalue weighted by Gasteiger charge is 2.45. The van der Waals surface area contributed by atoms with Crippen molar-refractivity contribution in [3.63, 3.8) is 0 Å². The molecule has 0 heterocycles. The molecule has 0 aromatic rings. The topological polar surface area (TPSA) is 47.6 Å². The zero-order chi connectivity index (χ0) is 9.12. The second-order valence-corrected chi connectivity index (χ2v) is 7.30. The van der Waals surface area contributed by atoms with Gasteiger partial charge in [-0.15, -0.1) is 0 Å². The van der Waals surface area contributed by atoms with Gasteiger partial charge in [-0.05, 0) is 20.0 Å². The lowest BCUT2D eigenvalue weighted by molar-refractivity contribution is 0.647. The second kappa shape index (κ2) is 3.02. The van der Waals surface area contributed by atoms with E-state index < -0.39 is 13.4 Å². The van der Waals surface area contributed by atoms with Gasteiger partial charge in [0.05, 0.1) is 23.6 Å². The summed E-state index contributed by atoms with van der Waals surface area (Å²) in [5.41, 5.74) is 0. The smallest absolute Gasteiger partial charge is 0.261 e. The molecule has 0 saturated carbocycles. The van der Waals surface area contributed by atoms with Crippen molar-refractivity contribution in [2.45, 2.75) is 31.5 Å². The summed E-state index contributed by atoms with van der Waals surface area (Å²) < 4.78 is 13.4. The Hall–Kier alpha value is -0.873. The fourth-order valence-electron chi connectivity index (χ4n) is 0.541. The van der Waals surface area contributed by atoms with Crippen molar-refractivity contribution in [1.29, 1.82) is 10.5 Å². The van der Waals surface area contributed by atoms with Gasteiger partial charge >= 0.3 is 0 Å². The Morgan fingerprint density at radius 1 is 1.45 bits per heavy atom. The van der Waals surface area contributed by atoms with E-state index in [2.05, 4.69) is 0 Å². The summed E-state index contributed by atoms with van der Waals surface area (Å²) in [5.74, 6) is 0. The van der Waals surface area contributed by atoms with Crippen molar-refractivity contribution >= 4 is 8.41 Å². The summed E-state index contributed by atoms with van der Waals surface area (Å²) in [7, 11) is -3.02. The molecule has 0 aliphatic rings. The lowest BCUT2D eigenvalue weighted by Crippen LogP contribution is -2.34. The minimum Gasteiger partial charge on any atom is -0.313 e. The molecule has 2 nitrogen and oxygen atoms in total. The van der Waals surface area contributed by atoms with E-state index in [4.69, 9.17) is 10.5 Å². The van der Waals surface area contributed by atoms with Crippen LogP contribution in [0.3, 0.4) is 0 Å². The maximum atomic E-state index is 13.4. The van der Waals surface area contributed by atoms with Gasteiger partial charge in [0.25, 0.3) is 8.41 Å². The molecule has 0 aliphatic heterocycles. The van der Waals surface area contributed by atoms with Gasteiger partial charge in [0.2, 0.25) is 0 Å². The van der Waals surface area contributed by atoms with E-state index in [0.717, 1.165) is 0 Å². The number of hydrogen-bond donors (Lipinski definition) is 0. The third-order valence-corrected chi connectivity index (χ3v) is 4.90. The number of halogens is 1. The van der Waals surface area contributed by atoms with Crippen LogP contribution >= 0.6 is 0 Å². The molecule has 11 heavy (non-hydrogen) atoms. The summed E-state index contributed by atoms with van der Waals surface area (Å²) in [6.07, 6.45) is -0.0147. The Bertz CT molecular complexity index is 220. The van der Waals surface area contributed by atoms with Crippen LogP contribution in [0.5, 0.6) is 0 Å². The van der Waals surface area contributed by atoms with Crippen molar-refractivity contribution in [2.24, 2.45) is 0 Å². The molecule has 1 unspecified atom stereocenters. The molecule has 60 valence electrons. The van der Waals surface area contributed by atoms with E-state index in [1.807, 2.05) is 12.1 Å². The van der Waals surface area contributed by atoms with Gasteiger partial charge in [0.1, 0.15) is 0 Å². The van der Waals surface area contributed by atoms with Gasteiger partial charge in [-0.3, -0.25) is 0 Å². The van der Waals surface area contributed by atoms with Gasteiger partial charge in [0, 0.05) is 0 Å². The largest absolute Gasteiger partial charge is 0.313 e. The van der Waals surface area contributed by atoms with E-state index in [9.17, 15) is 4.11 Å². The van der Waals surface area contributed by atoms with Gasteiger partial charge in [-0.25, -0.2) is 0 Å². The number of nitriles is 2. The molecular formula is C7H11FN2Si. The third-order valence-electron chi connectivity index (χ3n) is 1.99. The van der Waals surface area contributed by atoms with Crippen LogP contribution in [0.2, 0.25) is 18.1 Å². The normalized spacial score (nSPS) is 16.2. The molecule has 0 aromatic heterocycles. The summed E-state index contributed by atoms with van der Waals surface area (Å²) in [6, 6.07) is 3.72. The zero-order valence-corrected chi connectivity index (χ0v) is 7.98. The molecule has 0 N–H and O–H groups in total. The molecule has 0 rings (SSSR count). The van der Waals surface area contributed by atoms with Crippen molar-refractivity contribution in [3.8, 4) is 12.1 Å². The molecular weight excluding hydrogens is 159 g/mol. The van der Waals surface area contributed by atoms with Crippen LogP contribution in [0.1, 0.15) is 13.3 Å². The maximum absolute atomic E-state index is 13.4. The number of nitrogens with zero attached hydrogens (tertiary/aromatic N) is 2. The number of rotatable bonds is 2. The van der Waals surface area contributed by atoms with Crippen LogP contribution in [0.25, 0.3) is 0 Å². The SMILES string of the molecule is CC(C#N)(CC#N)[Si](C)(C)F. The first kappa shape index (κ1) is 10.1. The summed E-state index contributed by atoms with van der Waals surface area (Å²) in [5, 5.41) is 15.9. The van der Waals surface area contributed by atoms with Crippen molar-refractivity contribution in [1.82, 2.24) is 0 Å². The molecule has 0 amide bonds. The van der Waals surface area contributed by atoms with Crippen molar-refractivity contribution < 1.29 is 4.11 Å². The Labute approximate surface area is 67.4 Å². The predicted molar refractivity (Wildman–Crippen MR) is 42.8 cm³/mol. The molecule has 0 saturated heterocycles. The molecule has 0 spiro atoms. The summed E-state index contributed by atoms with van der Waals surface area (Å²) >= 11 is 0. The Morgan fingerprint density at radius 2 is 1.91 bits per heavy atom. The van der Waals surface area contributed by atoms with Crippen molar-refractivity contribution in [3.05, 3.63) is 0 Å². The minimum atomic E-state index is -3.02. The van der Waals surface area contributed by atoms with E-state index in [1.54, 1.807) is 0 Å². The van der Waals surface area contributed by atoms with Gasteiger partial charge in [0.15, 0.2) is 0 Å². The Kier molecular flexibility index (Phi) is 2.78. The average Bonchev–Trinajstić information content (AvgIpc) is 1.86. The molecule has 0 fully saturated rings. The molecule has 4 heteroatoms. The van der Waals surface area contributed by atoms with Crippen LogP contribution in [-0.4, -0.2) is 8.41 Å². The fourth-order valence-corrected chi connectivity index (χ4v) is 1.31. The first-order valence-electron chi connectivity index (χ1n) is 3.34. The molecule has 0 aliphatic carbocycles. The maximum Gasteiger partial charge on any atom is 0.261 e. The van der Waals surface area contributed by atoms with Crippen LogP contribution in [0, 0.1) is 22.7 Å². The predicted octanol–water partition coefficient (Wildman–Crippen LogP) is 2.36. The standard InChI is InChI=1S/C7H11FN2Si/c1-7(6-10,4-5-9)11(2,3)8/h4H2,1-3H3. The van der Waals surface area contributed by atoms with Crippen LogP contribution in [0.15, 0.2) is 0 Å². The Balaban J connectivity index is 4.68. The van der Waals surface area contributed by atoms with Crippen molar-refractivity contribution in [2.75, 3.05) is 0 Å². The summed E-state index contributed by atoms with van der Waals surface area (Å²) in [4.78, 5) is 0. The molecule has 0 aromatic carbocycles. The third kappa shape index (κ3) is 2.03. The monoisotopic (exact) mass is 170 g/mol. The van der Waals surface area contributed by atoms with Crippen LogP contribution < -0.4 is 0 Å². The second-order valence-electron chi connectivity index (χ2n) is 3.25. The number of hydrogen-bond acceptors (Lipinski definition) is 2. The highest BCUT2D eigenvalue weighted by molar-refractivity contribution is 6.74. The van der Waals surface area contributed by atoms with Gasteiger partial charge in [-0.2, -0.15) is 10.5 Å². The molecule has 0 radical (unpaired) electrons. The van der Waals surface area contributed by atoms with Crippen LogP contribution in [-0.2, 0) is 0 Å². The van der Waals surface area contributed by atoms with E-state index in [-0.39, 0.29) is 6.42 Å². The lowest BCUT2D eigenvalue weighted by Gasteiger charge is -2.26. The molecule has 0 bridgehead atoms. The van der Waals surface area contributed by atoms with E-state index >= 15 is 0 Å². The lowest BCUT2D eigenvalue weighted by atomic mass is 10.1. The van der Waals surface area contributed by atoms with E-state index in [1.165, 1.54) is 20.0 Å².